The Balaban J connectivity index is 1.95. The molecule has 2 aromatic rings. The average molecular weight is 327 g/mol. The zero-order valence-corrected chi connectivity index (χ0v) is 14.8. The Labute approximate surface area is 143 Å². The van der Waals surface area contributed by atoms with E-state index < -0.39 is 0 Å². The van der Waals surface area contributed by atoms with Gasteiger partial charge < -0.3 is 9.84 Å². The molecule has 0 fully saturated rings. The normalized spacial score (nSPS) is 17.0. The first kappa shape index (κ1) is 16.6. The van der Waals surface area contributed by atoms with Crippen molar-refractivity contribution >= 4 is 17.4 Å². The van der Waals surface area contributed by atoms with Gasteiger partial charge in [0.1, 0.15) is 11.4 Å². The molecule has 2 heterocycles. The molecule has 0 bridgehead atoms. The van der Waals surface area contributed by atoms with Crippen LogP contribution in [0.4, 0.5) is 16.2 Å². The van der Waals surface area contributed by atoms with Gasteiger partial charge in [-0.1, -0.05) is 44.1 Å². The fourth-order valence-corrected chi connectivity index (χ4v) is 3.45. The number of carbonyl (C=O) groups is 1. The minimum atomic E-state index is -0.109. The van der Waals surface area contributed by atoms with E-state index in [1.165, 1.54) is 5.56 Å². The lowest BCUT2D eigenvalue weighted by Gasteiger charge is -2.39. The number of amides is 2. The molecule has 1 aliphatic heterocycles. The maximum absolute atomic E-state index is 13.1. The third kappa shape index (κ3) is 2.90. The molecule has 2 amide bonds. The number of para-hydroxylation sites is 1. The fourth-order valence-electron chi connectivity index (χ4n) is 3.45. The van der Waals surface area contributed by atoms with Crippen LogP contribution in [-0.4, -0.2) is 17.2 Å². The van der Waals surface area contributed by atoms with Gasteiger partial charge in [0.2, 0.25) is 0 Å². The average Bonchev–Trinajstić information content (AvgIpc) is 2.93. The van der Waals surface area contributed by atoms with Crippen LogP contribution in [-0.2, 0) is 12.8 Å². The maximum atomic E-state index is 13.1. The summed E-state index contributed by atoms with van der Waals surface area (Å²) < 4.78 is 5.29. The highest BCUT2D eigenvalue weighted by molar-refractivity contribution is 6.03. The molecule has 5 nitrogen and oxygen atoms in total. The number of rotatable bonds is 3. The van der Waals surface area contributed by atoms with Gasteiger partial charge in [0.05, 0.1) is 0 Å². The maximum Gasteiger partial charge on any atom is 0.326 e. The highest BCUT2D eigenvalue weighted by atomic mass is 16.5. The monoisotopic (exact) mass is 327 g/mol. The predicted octanol–water partition coefficient (Wildman–Crippen LogP) is 4.55. The largest absolute Gasteiger partial charge is 0.359 e. The molecule has 1 aliphatic rings. The van der Waals surface area contributed by atoms with Gasteiger partial charge in [0.25, 0.3) is 0 Å². The Morgan fingerprint density at radius 1 is 1.42 bits per heavy atom. The molecule has 128 valence electrons. The van der Waals surface area contributed by atoms with Crippen LogP contribution in [0.25, 0.3) is 0 Å². The summed E-state index contributed by atoms with van der Waals surface area (Å²) in [7, 11) is 0. The van der Waals surface area contributed by atoms with Gasteiger partial charge in [0.15, 0.2) is 5.76 Å². The summed E-state index contributed by atoms with van der Waals surface area (Å²) in [6.07, 6.45) is 2.68. The molecule has 1 atom stereocenters. The predicted molar refractivity (Wildman–Crippen MR) is 95.5 cm³/mol. The van der Waals surface area contributed by atoms with Crippen molar-refractivity contribution in [2.24, 2.45) is 5.92 Å². The van der Waals surface area contributed by atoms with E-state index >= 15 is 0 Å². The summed E-state index contributed by atoms with van der Waals surface area (Å²) in [4.78, 5) is 15.0. The van der Waals surface area contributed by atoms with Gasteiger partial charge in [-0.2, -0.15) is 0 Å². The number of hydrogen-bond donors (Lipinski definition) is 1. The summed E-state index contributed by atoms with van der Waals surface area (Å²) in [5, 5.41) is 7.01. The van der Waals surface area contributed by atoms with E-state index in [2.05, 4.69) is 30.4 Å². The van der Waals surface area contributed by atoms with Gasteiger partial charge in [-0.25, -0.2) is 4.79 Å². The minimum Gasteiger partial charge on any atom is -0.359 e. The van der Waals surface area contributed by atoms with Crippen LogP contribution in [0.2, 0.25) is 0 Å². The van der Waals surface area contributed by atoms with Crippen molar-refractivity contribution in [3.8, 4) is 0 Å². The number of carbonyl (C=O) groups excluding carboxylic acids is 1. The molecular formula is C19H25N3O2. The number of aryl methyl sites for hydroxylation is 3. The number of anilines is 2. The Morgan fingerprint density at radius 2 is 2.17 bits per heavy atom. The van der Waals surface area contributed by atoms with E-state index in [9.17, 15) is 4.79 Å². The topological polar surface area (TPSA) is 58.4 Å². The van der Waals surface area contributed by atoms with Crippen LogP contribution < -0.4 is 10.2 Å². The summed E-state index contributed by atoms with van der Waals surface area (Å²) in [5.74, 6) is 1.10. The Hall–Kier alpha value is -2.30. The first-order valence-electron chi connectivity index (χ1n) is 8.66. The van der Waals surface area contributed by atoms with Crippen molar-refractivity contribution in [3.63, 3.8) is 0 Å². The molecular weight excluding hydrogens is 302 g/mol. The molecule has 24 heavy (non-hydrogen) atoms. The summed E-state index contributed by atoms with van der Waals surface area (Å²) >= 11 is 0. The lowest BCUT2D eigenvalue weighted by Crippen LogP contribution is -2.48. The van der Waals surface area contributed by atoms with Gasteiger partial charge in [-0.05, 0) is 37.3 Å². The molecule has 0 radical (unpaired) electrons. The number of urea groups is 1. The van der Waals surface area contributed by atoms with Gasteiger partial charge in [-0.15, -0.1) is 0 Å². The second-order valence-electron chi connectivity index (χ2n) is 6.70. The Kier molecular flexibility index (Phi) is 4.60. The molecule has 0 aliphatic carbocycles. The molecule has 0 spiro atoms. The number of fused-ring (bicyclic) bond motifs is 1. The van der Waals surface area contributed by atoms with Crippen molar-refractivity contribution < 1.29 is 9.32 Å². The van der Waals surface area contributed by atoms with Crippen molar-refractivity contribution in [1.29, 1.82) is 0 Å². The van der Waals surface area contributed by atoms with Crippen molar-refractivity contribution in [2.45, 2.75) is 53.0 Å². The van der Waals surface area contributed by atoms with Crippen LogP contribution >= 0.6 is 0 Å². The zero-order valence-electron chi connectivity index (χ0n) is 14.8. The quantitative estimate of drug-likeness (QED) is 0.899. The number of nitrogens with one attached hydrogen (secondary N) is 1. The standard InChI is InChI=1S/C19H25N3O2/c1-5-17-18(13(4)21-24-17)20-19(23)22-15(12(2)3)11-10-14-8-6-7-9-16(14)22/h6-9,12,15H,5,10-11H2,1-4H3,(H,20,23). The second kappa shape index (κ2) is 6.67. The third-order valence-corrected chi connectivity index (χ3v) is 4.77. The van der Waals surface area contributed by atoms with E-state index in [1.54, 1.807) is 0 Å². The Morgan fingerprint density at radius 3 is 2.88 bits per heavy atom. The van der Waals surface area contributed by atoms with Crippen LogP contribution in [0.3, 0.4) is 0 Å². The smallest absolute Gasteiger partial charge is 0.326 e. The highest BCUT2D eigenvalue weighted by Crippen LogP contribution is 2.34. The Bertz CT molecular complexity index is 736. The molecule has 5 heteroatoms. The fraction of sp³-hybridized carbons (Fsp3) is 0.474. The third-order valence-electron chi connectivity index (χ3n) is 4.77. The number of nitrogens with zero attached hydrogens (tertiary/aromatic N) is 2. The SMILES string of the molecule is CCc1onc(C)c1NC(=O)N1c2ccccc2CCC1C(C)C. The summed E-state index contributed by atoms with van der Waals surface area (Å²) in [5.41, 5.74) is 3.65. The molecule has 1 unspecified atom stereocenters. The summed E-state index contributed by atoms with van der Waals surface area (Å²) in [6.45, 7) is 8.17. The van der Waals surface area contributed by atoms with Crippen LogP contribution in [0, 0.1) is 12.8 Å². The van der Waals surface area contributed by atoms with Crippen molar-refractivity contribution in [2.75, 3.05) is 10.2 Å². The highest BCUT2D eigenvalue weighted by Gasteiger charge is 2.33. The number of benzene rings is 1. The van der Waals surface area contributed by atoms with Crippen LogP contribution in [0.1, 0.15) is 44.2 Å². The van der Waals surface area contributed by atoms with Crippen molar-refractivity contribution in [3.05, 3.63) is 41.3 Å². The molecule has 1 N–H and O–H groups in total. The molecule has 1 aromatic heterocycles. The number of aromatic nitrogens is 1. The molecule has 3 rings (SSSR count). The van der Waals surface area contributed by atoms with E-state index in [1.807, 2.05) is 36.9 Å². The lowest BCUT2D eigenvalue weighted by atomic mass is 9.89. The van der Waals surface area contributed by atoms with E-state index in [0.717, 1.165) is 18.5 Å². The first-order chi connectivity index (χ1) is 11.5. The number of hydrogen-bond acceptors (Lipinski definition) is 3. The molecule has 0 saturated carbocycles. The summed E-state index contributed by atoms with van der Waals surface area (Å²) in [6, 6.07) is 8.24. The van der Waals surface area contributed by atoms with Gasteiger partial charge in [0, 0.05) is 18.2 Å². The van der Waals surface area contributed by atoms with Crippen LogP contribution in [0.5, 0.6) is 0 Å². The van der Waals surface area contributed by atoms with Crippen molar-refractivity contribution in [1.82, 2.24) is 5.16 Å². The lowest BCUT2D eigenvalue weighted by molar-refractivity contribution is 0.250. The second-order valence-corrected chi connectivity index (χ2v) is 6.70. The zero-order chi connectivity index (χ0) is 17.3. The van der Waals surface area contributed by atoms with Gasteiger partial charge >= 0.3 is 6.03 Å². The van der Waals surface area contributed by atoms with E-state index in [4.69, 9.17) is 4.52 Å². The molecule has 0 saturated heterocycles. The first-order valence-corrected chi connectivity index (χ1v) is 8.66. The van der Waals surface area contributed by atoms with Gasteiger partial charge in [-0.3, -0.25) is 4.90 Å². The molecule has 1 aromatic carbocycles. The van der Waals surface area contributed by atoms with E-state index in [0.29, 0.717) is 29.5 Å². The van der Waals surface area contributed by atoms with Crippen LogP contribution in [0.15, 0.2) is 28.8 Å². The van der Waals surface area contributed by atoms with E-state index in [-0.39, 0.29) is 12.1 Å². The minimum absolute atomic E-state index is 0.109.